The van der Waals surface area contributed by atoms with Gasteiger partial charge in [-0.3, -0.25) is 4.98 Å². The van der Waals surface area contributed by atoms with E-state index in [2.05, 4.69) is 29.9 Å². The largest absolute Gasteiger partial charge is 0.330 e. The highest BCUT2D eigenvalue weighted by Crippen LogP contribution is 2.06. The molecule has 1 aromatic rings. The number of likely N-dealkylation sites (N-methyl/N-ethyl adjacent to an activating group) is 1. The minimum atomic E-state index is 0.633. The van der Waals surface area contributed by atoms with Crippen LogP contribution in [-0.2, 0) is 6.42 Å². The van der Waals surface area contributed by atoms with Crippen molar-refractivity contribution >= 4 is 0 Å². The van der Waals surface area contributed by atoms with Crippen molar-refractivity contribution in [3.8, 4) is 0 Å². The van der Waals surface area contributed by atoms with Gasteiger partial charge in [0.25, 0.3) is 0 Å². The van der Waals surface area contributed by atoms with E-state index in [1.54, 1.807) is 0 Å². The van der Waals surface area contributed by atoms with Crippen LogP contribution in [0, 0.1) is 5.92 Å². The molecule has 1 unspecified atom stereocenters. The third kappa shape index (κ3) is 5.80. The summed E-state index contributed by atoms with van der Waals surface area (Å²) in [4.78, 5) is 6.70. The second kappa shape index (κ2) is 8.20. The Labute approximate surface area is 105 Å². The summed E-state index contributed by atoms with van der Waals surface area (Å²) in [7, 11) is 2.17. The van der Waals surface area contributed by atoms with Gasteiger partial charge in [-0.2, -0.15) is 0 Å². The maximum atomic E-state index is 5.78. The number of pyridine rings is 1. The zero-order valence-electron chi connectivity index (χ0n) is 11.1. The summed E-state index contributed by atoms with van der Waals surface area (Å²) in [5, 5.41) is 0. The van der Waals surface area contributed by atoms with Crippen LogP contribution in [0.15, 0.2) is 24.4 Å². The van der Waals surface area contributed by atoms with E-state index >= 15 is 0 Å². The highest BCUT2D eigenvalue weighted by Gasteiger charge is 2.09. The molecule has 0 aromatic carbocycles. The molecule has 17 heavy (non-hydrogen) atoms. The summed E-state index contributed by atoms with van der Waals surface area (Å²) in [5.41, 5.74) is 6.94. The Morgan fingerprint density at radius 1 is 1.41 bits per heavy atom. The summed E-state index contributed by atoms with van der Waals surface area (Å²) >= 11 is 0. The molecule has 0 aliphatic carbocycles. The zero-order valence-corrected chi connectivity index (χ0v) is 11.1. The molecule has 0 bridgehead atoms. The van der Waals surface area contributed by atoms with Crippen molar-refractivity contribution in [2.75, 3.05) is 26.7 Å². The van der Waals surface area contributed by atoms with Crippen LogP contribution in [-0.4, -0.2) is 36.6 Å². The van der Waals surface area contributed by atoms with Crippen LogP contribution in [0.25, 0.3) is 0 Å². The standard InChI is InChI=1S/C14H25N3/c1-3-6-13(11-15)12-17(2)10-8-14-7-4-5-9-16-14/h4-5,7,9,13H,3,6,8,10-12,15H2,1-2H3. The second-order valence-electron chi connectivity index (χ2n) is 4.72. The second-order valence-corrected chi connectivity index (χ2v) is 4.72. The van der Waals surface area contributed by atoms with E-state index in [9.17, 15) is 0 Å². The molecule has 3 heteroatoms. The summed E-state index contributed by atoms with van der Waals surface area (Å²) in [6.45, 7) is 5.16. The van der Waals surface area contributed by atoms with E-state index in [1.807, 2.05) is 18.3 Å². The Morgan fingerprint density at radius 3 is 2.82 bits per heavy atom. The maximum absolute atomic E-state index is 5.78. The lowest BCUT2D eigenvalue weighted by molar-refractivity contribution is 0.271. The molecule has 1 aromatic heterocycles. The minimum Gasteiger partial charge on any atom is -0.330 e. The molecule has 3 nitrogen and oxygen atoms in total. The highest BCUT2D eigenvalue weighted by molar-refractivity contribution is 5.03. The smallest absolute Gasteiger partial charge is 0.0416 e. The van der Waals surface area contributed by atoms with Crippen molar-refractivity contribution < 1.29 is 0 Å². The molecule has 0 radical (unpaired) electrons. The Balaban J connectivity index is 2.27. The third-order valence-electron chi connectivity index (χ3n) is 3.08. The first kappa shape index (κ1) is 14.1. The maximum Gasteiger partial charge on any atom is 0.0416 e. The molecule has 1 rings (SSSR count). The lowest BCUT2D eigenvalue weighted by Crippen LogP contribution is -2.31. The van der Waals surface area contributed by atoms with Crippen molar-refractivity contribution in [2.24, 2.45) is 11.7 Å². The van der Waals surface area contributed by atoms with Crippen molar-refractivity contribution in [1.82, 2.24) is 9.88 Å². The topological polar surface area (TPSA) is 42.1 Å². The van der Waals surface area contributed by atoms with Gasteiger partial charge in [0.2, 0.25) is 0 Å². The lowest BCUT2D eigenvalue weighted by atomic mass is 10.0. The number of aromatic nitrogens is 1. The quantitative estimate of drug-likeness (QED) is 0.748. The van der Waals surface area contributed by atoms with Gasteiger partial charge in [0, 0.05) is 31.4 Å². The van der Waals surface area contributed by atoms with Crippen LogP contribution in [0.2, 0.25) is 0 Å². The minimum absolute atomic E-state index is 0.633. The van der Waals surface area contributed by atoms with E-state index < -0.39 is 0 Å². The molecular formula is C14H25N3. The van der Waals surface area contributed by atoms with E-state index in [0.29, 0.717) is 5.92 Å². The van der Waals surface area contributed by atoms with Crippen LogP contribution in [0.5, 0.6) is 0 Å². The van der Waals surface area contributed by atoms with Gasteiger partial charge in [-0.1, -0.05) is 19.4 Å². The molecule has 0 aliphatic rings. The fourth-order valence-electron chi connectivity index (χ4n) is 2.08. The molecule has 0 aliphatic heterocycles. The molecule has 1 heterocycles. The predicted octanol–water partition coefficient (Wildman–Crippen LogP) is 1.93. The van der Waals surface area contributed by atoms with Gasteiger partial charge in [0.1, 0.15) is 0 Å². The summed E-state index contributed by atoms with van der Waals surface area (Å²) in [5.74, 6) is 0.633. The summed E-state index contributed by atoms with van der Waals surface area (Å²) in [6.07, 6.45) is 5.32. The molecule has 1 atom stereocenters. The van der Waals surface area contributed by atoms with Gasteiger partial charge in [-0.25, -0.2) is 0 Å². The molecule has 0 spiro atoms. The molecule has 2 N–H and O–H groups in total. The van der Waals surface area contributed by atoms with Gasteiger partial charge in [-0.15, -0.1) is 0 Å². The molecule has 0 fully saturated rings. The molecule has 0 saturated heterocycles. The van der Waals surface area contributed by atoms with Crippen molar-refractivity contribution in [2.45, 2.75) is 26.2 Å². The Morgan fingerprint density at radius 2 is 2.24 bits per heavy atom. The number of rotatable bonds is 8. The monoisotopic (exact) mass is 235 g/mol. The first-order valence-electron chi connectivity index (χ1n) is 6.54. The number of nitrogens with zero attached hydrogens (tertiary/aromatic N) is 2. The van der Waals surface area contributed by atoms with E-state index in [0.717, 1.165) is 26.1 Å². The van der Waals surface area contributed by atoms with Gasteiger partial charge in [0.05, 0.1) is 0 Å². The van der Waals surface area contributed by atoms with Crippen LogP contribution in [0.3, 0.4) is 0 Å². The SMILES string of the molecule is CCCC(CN)CN(C)CCc1ccccn1. The van der Waals surface area contributed by atoms with Gasteiger partial charge < -0.3 is 10.6 Å². The van der Waals surface area contributed by atoms with Crippen molar-refractivity contribution in [1.29, 1.82) is 0 Å². The van der Waals surface area contributed by atoms with Crippen LogP contribution in [0.1, 0.15) is 25.5 Å². The summed E-state index contributed by atoms with van der Waals surface area (Å²) < 4.78 is 0. The molecule has 0 amide bonds. The van der Waals surface area contributed by atoms with Crippen LogP contribution < -0.4 is 5.73 Å². The Bertz CT molecular complexity index is 287. The first-order chi connectivity index (χ1) is 8.26. The average Bonchev–Trinajstić information content (AvgIpc) is 2.37. The van der Waals surface area contributed by atoms with E-state index in [4.69, 9.17) is 5.73 Å². The predicted molar refractivity (Wildman–Crippen MR) is 72.9 cm³/mol. The van der Waals surface area contributed by atoms with E-state index in [-0.39, 0.29) is 0 Å². The molecular weight excluding hydrogens is 210 g/mol. The van der Waals surface area contributed by atoms with Crippen LogP contribution >= 0.6 is 0 Å². The van der Waals surface area contributed by atoms with Gasteiger partial charge >= 0.3 is 0 Å². The van der Waals surface area contributed by atoms with Crippen molar-refractivity contribution in [3.05, 3.63) is 30.1 Å². The Kier molecular flexibility index (Phi) is 6.82. The van der Waals surface area contributed by atoms with Gasteiger partial charge in [-0.05, 0) is 38.1 Å². The lowest BCUT2D eigenvalue weighted by Gasteiger charge is -2.22. The molecule has 0 saturated carbocycles. The first-order valence-corrected chi connectivity index (χ1v) is 6.54. The number of hydrogen-bond acceptors (Lipinski definition) is 3. The number of hydrogen-bond donors (Lipinski definition) is 1. The van der Waals surface area contributed by atoms with Crippen molar-refractivity contribution in [3.63, 3.8) is 0 Å². The summed E-state index contributed by atoms with van der Waals surface area (Å²) in [6, 6.07) is 6.08. The average molecular weight is 235 g/mol. The molecule has 96 valence electrons. The zero-order chi connectivity index (χ0) is 12.5. The van der Waals surface area contributed by atoms with Crippen LogP contribution in [0.4, 0.5) is 0 Å². The fourth-order valence-corrected chi connectivity index (χ4v) is 2.08. The van der Waals surface area contributed by atoms with Gasteiger partial charge in [0.15, 0.2) is 0 Å². The highest BCUT2D eigenvalue weighted by atomic mass is 15.1. The number of nitrogens with two attached hydrogens (primary N) is 1. The third-order valence-corrected chi connectivity index (χ3v) is 3.08. The normalized spacial score (nSPS) is 12.9. The Hall–Kier alpha value is -0.930. The van der Waals surface area contributed by atoms with E-state index in [1.165, 1.54) is 18.5 Å². The fraction of sp³-hybridized carbons (Fsp3) is 0.643.